The SMILES string of the molecule is CC(C)N(CCNS(=O)(=O)c1ccc(Cl)cc1F)C(C)C.Cl. The third-order valence-corrected chi connectivity index (χ3v) is 4.90. The fourth-order valence-electron chi connectivity index (χ4n) is 2.19. The van der Waals surface area contributed by atoms with Crippen LogP contribution >= 0.6 is 24.0 Å². The summed E-state index contributed by atoms with van der Waals surface area (Å²) in [4.78, 5) is 1.77. The Morgan fingerprint density at radius 2 is 1.77 bits per heavy atom. The highest BCUT2D eigenvalue weighted by atomic mass is 35.5. The highest BCUT2D eigenvalue weighted by molar-refractivity contribution is 7.89. The van der Waals surface area contributed by atoms with E-state index in [-0.39, 0.29) is 28.9 Å². The van der Waals surface area contributed by atoms with Crippen LogP contribution in [0.2, 0.25) is 5.02 Å². The maximum absolute atomic E-state index is 13.7. The van der Waals surface area contributed by atoms with E-state index in [0.717, 1.165) is 6.07 Å². The molecule has 4 nitrogen and oxygen atoms in total. The Bertz CT molecular complexity index is 572. The van der Waals surface area contributed by atoms with Crippen molar-refractivity contribution in [2.75, 3.05) is 13.1 Å². The minimum atomic E-state index is -3.87. The first kappa shape index (κ1) is 21.6. The molecule has 1 rings (SSSR count). The zero-order valence-corrected chi connectivity index (χ0v) is 15.5. The van der Waals surface area contributed by atoms with Gasteiger partial charge in [0.2, 0.25) is 10.0 Å². The number of hydrogen-bond acceptors (Lipinski definition) is 3. The van der Waals surface area contributed by atoms with Crippen LogP contribution in [0.5, 0.6) is 0 Å². The standard InChI is InChI=1S/C14H22ClFN2O2S.ClH/c1-10(2)18(11(3)4)8-7-17-21(19,20)14-6-5-12(15)9-13(14)16;/h5-6,9-11,17H,7-8H2,1-4H3;1H. The average molecular weight is 373 g/mol. The molecule has 0 saturated carbocycles. The third-order valence-electron chi connectivity index (χ3n) is 3.17. The van der Waals surface area contributed by atoms with Crippen molar-refractivity contribution in [1.82, 2.24) is 9.62 Å². The number of sulfonamides is 1. The quantitative estimate of drug-likeness (QED) is 0.798. The van der Waals surface area contributed by atoms with Crippen LogP contribution in [0.15, 0.2) is 23.1 Å². The van der Waals surface area contributed by atoms with Gasteiger partial charge in [-0.2, -0.15) is 0 Å². The Kier molecular flexibility index (Phi) is 8.87. The van der Waals surface area contributed by atoms with Gasteiger partial charge in [0.25, 0.3) is 0 Å². The molecule has 0 fully saturated rings. The number of nitrogens with one attached hydrogen (secondary N) is 1. The van der Waals surface area contributed by atoms with Crippen molar-refractivity contribution in [3.05, 3.63) is 29.0 Å². The maximum atomic E-state index is 13.7. The number of hydrogen-bond donors (Lipinski definition) is 1. The predicted molar refractivity (Wildman–Crippen MR) is 90.8 cm³/mol. The third kappa shape index (κ3) is 6.01. The van der Waals surface area contributed by atoms with Crippen molar-refractivity contribution in [3.63, 3.8) is 0 Å². The highest BCUT2D eigenvalue weighted by Crippen LogP contribution is 2.18. The molecule has 0 amide bonds. The van der Waals surface area contributed by atoms with Gasteiger partial charge in [0.1, 0.15) is 10.7 Å². The van der Waals surface area contributed by atoms with Gasteiger partial charge in [-0.15, -0.1) is 12.4 Å². The number of rotatable bonds is 7. The second-order valence-electron chi connectivity index (χ2n) is 5.40. The summed E-state index contributed by atoms with van der Waals surface area (Å²) < 4.78 is 40.2. The molecule has 0 bridgehead atoms. The van der Waals surface area contributed by atoms with Crippen LogP contribution in [-0.4, -0.2) is 38.5 Å². The van der Waals surface area contributed by atoms with Crippen LogP contribution in [0.25, 0.3) is 0 Å². The van der Waals surface area contributed by atoms with E-state index < -0.39 is 15.8 Å². The lowest BCUT2D eigenvalue weighted by Crippen LogP contribution is -2.42. The van der Waals surface area contributed by atoms with Crippen LogP contribution in [0, 0.1) is 5.82 Å². The molecule has 0 saturated heterocycles. The molecule has 0 radical (unpaired) electrons. The van der Waals surface area contributed by atoms with E-state index in [2.05, 4.69) is 9.62 Å². The molecule has 0 spiro atoms. The van der Waals surface area contributed by atoms with Gasteiger partial charge in [-0.3, -0.25) is 4.90 Å². The van der Waals surface area contributed by atoms with Crippen molar-refractivity contribution in [2.45, 2.75) is 44.7 Å². The zero-order chi connectivity index (χ0) is 16.2. The van der Waals surface area contributed by atoms with Crippen molar-refractivity contribution in [2.24, 2.45) is 0 Å². The largest absolute Gasteiger partial charge is 0.297 e. The van der Waals surface area contributed by atoms with Crippen molar-refractivity contribution < 1.29 is 12.8 Å². The average Bonchev–Trinajstić information content (AvgIpc) is 2.33. The van der Waals surface area contributed by atoms with Gasteiger partial charge >= 0.3 is 0 Å². The maximum Gasteiger partial charge on any atom is 0.243 e. The summed E-state index contributed by atoms with van der Waals surface area (Å²) >= 11 is 5.62. The Balaban J connectivity index is 0.00000441. The van der Waals surface area contributed by atoms with Crippen LogP contribution < -0.4 is 4.72 Å². The molecule has 0 aliphatic heterocycles. The first-order valence-electron chi connectivity index (χ1n) is 6.85. The van der Waals surface area contributed by atoms with E-state index in [1.807, 2.05) is 27.7 Å². The molecule has 1 aromatic rings. The van der Waals surface area contributed by atoms with E-state index >= 15 is 0 Å². The van der Waals surface area contributed by atoms with Gasteiger partial charge in [0, 0.05) is 30.2 Å². The smallest absolute Gasteiger partial charge is 0.243 e. The number of benzene rings is 1. The Morgan fingerprint density at radius 1 is 1.23 bits per heavy atom. The minimum Gasteiger partial charge on any atom is -0.297 e. The summed E-state index contributed by atoms with van der Waals surface area (Å²) in [5.41, 5.74) is 0. The molecule has 0 unspecified atom stereocenters. The molecule has 0 heterocycles. The van der Waals surface area contributed by atoms with E-state index in [1.165, 1.54) is 12.1 Å². The van der Waals surface area contributed by atoms with E-state index in [4.69, 9.17) is 11.6 Å². The van der Waals surface area contributed by atoms with Gasteiger partial charge in [0.15, 0.2) is 0 Å². The van der Waals surface area contributed by atoms with Gasteiger partial charge in [0.05, 0.1) is 0 Å². The zero-order valence-electron chi connectivity index (χ0n) is 13.1. The fourth-order valence-corrected chi connectivity index (χ4v) is 3.43. The Labute approximate surface area is 143 Å². The van der Waals surface area contributed by atoms with Crippen molar-refractivity contribution >= 4 is 34.0 Å². The molecule has 0 atom stereocenters. The minimum absolute atomic E-state index is 0. The Morgan fingerprint density at radius 3 is 2.23 bits per heavy atom. The summed E-state index contributed by atoms with van der Waals surface area (Å²) in [5, 5.41) is 0.164. The van der Waals surface area contributed by atoms with Crippen LogP contribution in [0.3, 0.4) is 0 Å². The fraction of sp³-hybridized carbons (Fsp3) is 0.571. The first-order valence-corrected chi connectivity index (χ1v) is 8.71. The molecule has 0 aliphatic carbocycles. The number of nitrogens with zero attached hydrogens (tertiary/aromatic N) is 1. The molecular formula is C14H23Cl2FN2O2S. The summed E-state index contributed by atoms with van der Waals surface area (Å²) in [5.74, 6) is -0.848. The lowest BCUT2D eigenvalue weighted by atomic mass is 10.2. The monoisotopic (exact) mass is 372 g/mol. The first-order chi connectivity index (χ1) is 9.65. The topological polar surface area (TPSA) is 49.4 Å². The molecule has 0 aromatic heterocycles. The molecule has 8 heteroatoms. The molecule has 1 aromatic carbocycles. The van der Waals surface area contributed by atoms with Crippen molar-refractivity contribution in [1.29, 1.82) is 0 Å². The van der Waals surface area contributed by atoms with Gasteiger partial charge in [-0.1, -0.05) is 11.6 Å². The van der Waals surface area contributed by atoms with Crippen LogP contribution in [-0.2, 0) is 10.0 Å². The van der Waals surface area contributed by atoms with Gasteiger partial charge < -0.3 is 0 Å². The normalized spacial score (nSPS) is 12.0. The van der Waals surface area contributed by atoms with E-state index in [1.54, 1.807) is 0 Å². The Hall–Kier alpha value is -0.400. The lowest BCUT2D eigenvalue weighted by Gasteiger charge is -2.30. The molecule has 22 heavy (non-hydrogen) atoms. The van der Waals surface area contributed by atoms with E-state index in [9.17, 15) is 12.8 Å². The summed E-state index contributed by atoms with van der Waals surface area (Å²) in [6, 6.07) is 4.13. The summed E-state index contributed by atoms with van der Waals surface area (Å²) in [6.07, 6.45) is 0. The highest BCUT2D eigenvalue weighted by Gasteiger charge is 2.20. The van der Waals surface area contributed by atoms with Crippen molar-refractivity contribution in [3.8, 4) is 0 Å². The molecule has 128 valence electrons. The predicted octanol–water partition coefficient (Wildman–Crippen LogP) is 3.30. The summed E-state index contributed by atoms with van der Waals surface area (Å²) in [7, 11) is -3.87. The molecule has 1 N–H and O–H groups in total. The second-order valence-corrected chi connectivity index (χ2v) is 7.57. The van der Waals surface area contributed by atoms with Crippen LogP contribution in [0.1, 0.15) is 27.7 Å². The van der Waals surface area contributed by atoms with Crippen LogP contribution in [0.4, 0.5) is 4.39 Å². The lowest BCUT2D eigenvalue weighted by molar-refractivity contribution is 0.179. The molecular weight excluding hydrogens is 350 g/mol. The van der Waals surface area contributed by atoms with Gasteiger partial charge in [-0.05, 0) is 45.9 Å². The molecule has 0 aliphatic rings. The van der Waals surface area contributed by atoms with Gasteiger partial charge in [-0.25, -0.2) is 17.5 Å². The second kappa shape index (κ2) is 9.03. The van der Waals surface area contributed by atoms with E-state index in [0.29, 0.717) is 18.6 Å². The number of halogens is 3. The summed E-state index contributed by atoms with van der Waals surface area (Å²) in [6.45, 7) is 8.98.